The summed E-state index contributed by atoms with van der Waals surface area (Å²) in [4.78, 5) is 13.1. The van der Waals surface area contributed by atoms with Crippen LogP contribution in [0.3, 0.4) is 0 Å². The average molecular weight is 293 g/mol. The Bertz CT molecular complexity index is 528. The van der Waals surface area contributed by atoms with Crippen molar-refractivity contribution in [1.29, 1.82) is 0 Å². The smallest absolute Gasteiger partial charge is 0.180 e. The van der Waals surface area contributed by atoms with Crippen LogP contribution in [0.15, 0.2) is 29.0 Å². The van der Waals surface area contributed by atoms with Crippen molar-refractivity contribution in [2.45, 2.75) is 13.8 Å². The molecule has 2 aromatic heterocycles. The number of hydrogen-bond acceptors (Lipinski definition) is 4. The Morgan fingerprint density at radius 3 is 2.88 bits per heavy atom. The fourth-order valence-electron chi connectivity index (χ4n) is 1.49. The maximum absolute atomic E-state index is 4.46. The third kappa shape index (κ3) is 2.61. The predicted octanol–water partition coefficient (Wildman–Crippen LogP) is 3.04. The van der Waals surface area contributed by atoms with Crippen molar-refractivity contribution in [3.05, 3.63) is 34.6 Å². The predicted molar refractivity (Wildman–Crippen MR) is 71.9 cm³/mol. The molecule has 1 N–H and O–H groups in total. The minimum absolute atomic E-state index is 0.641. The van der Waals surface area contributed by atoms with E-state index < -0.39 is 0 Å². The van der Waals surface area contributed by atoms with E-state index in [-0.39, 0.29) is 0 Å². The fourth-order valence-corrected chi connectivity index (χ4v) is 1.82. The molecule has 0 fully saturated rings. The average Bonchev–Trinajstić information content (AvgIpc) is 2.33. The molecule has 0 radical (unpaired) electrons. The van der Waals surface area contributed by atoms with E-state index in [9.17, 15) is 0 Å². The van der Waals surface area contributed by atoms with E-state index in [1.165, 1.54) is 0 Å². The Labute approximate surface area is 109 Å². The molecule has 0 atom stereocenters. The van der Waals surface area contributed by atoms with E-state index in [1.807, 2.05) is 26.0 Å². The molecule has 17 heavy (non-hydrogen) atoms. The van der Waals surface area contributed by atoms with Gasteiger partial charge in [0.2, 0.25) is 0 Å². The molecule has 0 bridgehead atoms. The number of halogens is 1. The van der Waals surface area contributed by atoms with Crippen LogP contribution >= 0.6 is 15.9 Å². The van der Waals surface area contributed by atoms with Crippen molar-refractivity contribution in [2.24, 2.45) is 0 Å². The number of pyridine rings is 1. The Morgan fingerprint density at radius 2 is 2.18 bits per heavy atom. The highest BCUT2D eigenvalue weighted by molar-refractivity contribution is 9.10. The molecule has 0 aromatic carbocycles. The van der Waals surface area contributed by atoms with Crippen LogP contribution in [0.5, 0.6) is 0 Å². The summed E-state index contributed by atoms with van der Waals surface area (Å²) in [6.45, 7) is 4.84. The molecule has 2 heterocycles. The van der Waals surface area contributed by atoms with Crippen LogP contribution < -0.4 is 5.32 Å². The van der Waals surface area contributed by atoms with Crippen molar-refractivity contribution < 1.29 is 0 Å². The number of aromatic nitrogens is 3. The molecular formula is C12H13BrN4. The first kappa shape index (κ1) is 12.0. The molecule has 2 aromatic rings. The van der Waals surface area contributed by atoms with E-state index >= 15 is 0 Å². The summed E-state index contributed by atoms with van der Waals surface area (Å²) < 4.78 is 0.858. The Balaban J connectivity index is 2.46. The largest absolute Gasteiger partial charge is 0.369 e. The molecule has 2 rings (SSSR count). The Morgan fingerprint density at radius 1 is 1.35 bits per heavy atom. The minimum Gasteiger partial charge on any atom is -0.369 e. The second kappa shape index (κ2) is 5.23. The molecule has 4 nitrogen and oxygen atoms in total. The van der Waals surface area contributed by atoms with E-state index in [0.29, 0.717) is 5.82 Å². The number of nitrogens with zero attached hydrogens (tertiary/aromatic N) is 3. The van der Waals surface area contributed by atoms with Crippen LogP contribution in [0.25, 0.3) is 11.5 Å². The third-order valence-electron chi connectivity index (χ3n) is 2.31. The van der Waals surface area contributed by atoms with Gasteiger partial charge in [-0.2, -0.15) is 0 Å². The molecule has 0 amide bonds. The lowest BCUT2D eigenvalue weighted by Crippen LogP contribution is -2.03. The van der Waals surface area contributed by atoms with E-state index in [0.717, 1.165) is 28.1 Å². The van der Waals surface area contributed by atoms with Gasteiger partial charge in [0, 0.05) is 18.9 Å². The highest BCUT2D eigenvalue weighted by atomic mass is 79.9. The van der Waals surface area contributed by atoms with Crippen LogP contribution in [-0.2, 0) is 0 Å². The van der Waals surface area contributed by atoms with Gasteiger partial charge in [0.15, 0.2) is 5.82 Å². The first-order chi connectivity index (χ1) is 8.22. The molecule has 88 valence electrons. The maximum Gasteiger partial charge on any atom is 0.180 e. The quantitative estimate of drug-likeness (QED) is 0.945. The molecule has 0 saturated heterocycles. The summed E-state index contributed by atoms with van der Waals surface area (Å²) in [5.74, 6) is 1.44. The minimum atomic E-state index is 0.641. The first-order valence-corrected chi connectivity index (χ1v) is 6.20. The summed E-state index contributed by atoms with van der Waals surface area (Å²) >= 11 is 3.41. The normalized spacial score (nSPS) is 10.3. The van der Waals surface area contributed by atoms with Crippen LogP contribution in [0.4, 0.5) is 5.82 Å². The molecule has 0 unspecified atom stereocenters. The van der Waals surface area contributed by atoms with Crippen molar-refractivity contribution in [3.8, 4) is 11.5 Å². The van der Waals surface area contributed by atoms with Crippen molar-refractivity contribution in [2.75, 3.05) is 11.9 Å². The van der Waals surface area contributed by atoms with Gasteiger partial charge in [0.1, 0.15) is 11.5 Å². The fraction of sp³-hybridized carbons (Fsp3) is 0.250. The van der Waals surface area contributed by atoms with Gasteiger partial charge in [-0.25, -0.2) is 9.97 Å². The lowest BCUT2D eigenvalue weighted by atomic mass is 10.2. The topological polar surface area (TPSA) is 50.7 Å². The van der Waals surface area contributed by atoms with Crippen LogP contribution in [0, 0.1) is 6.92 Å². The summed E-state index contributed by atoms with van der Waals surface area (Å²) in [5, 5.41) is 3.18. The third-order valence-corrected chi connectivity index (χ3v) is 2.89. The van der Waals surface area contributed by atoms with Gasteiger partial charge in [-0.05, 0) is 41.4 Å². The first-order valence-electron chi connectivity index (χ1n) is 5.40. The van der Waals surface area contributed by atoms with Crippen molar-refractivity contribution in [1.82, 2.24) is 15.0 Å². The van der Waals surface area contributed by atoms with Gasteiger partial charge >= 0.3 is 0 Å². The second-order valence-electron chi connectivity index (χ2n) is 3.59. The maximum atomic E-state index is 4.46. The summed E-state index contributed by atoms with van der Waals surface area (Å²) in [6, 6.07) is 3.91. The van der Waals surface area contributed by atoms with E-state index in [1.54, 1.807) is 12.4 Å². The lowest BCUT2D eigenvalue weighted by Gasteiger charge is -2.07. The zero-order chi connectivity index (χ0) is 12.3. The SMILES string of the molecule is CCNc1nc(-c2ncccc2C)ncc1Br. The molecule has 0 spiro atoms. The van der Waals surface area contributed by atoms with Crippen LogP contribution in [-0.4, -0.2) is 21.5 Å². The number of rotatable bonds is 3. The second-order valence-corrected chi connectivity index (χ2v) is 4.44. The van der Waals surface area contributed by atoms with Gasteiger partial charge in [-0.15, -0.1) is 0 Å². The van der Waals surface area contributed by atoms with Gasteiger partial charge in [0.25, 0.3) is 0 Å². The van der Waals surface area contributed by atoms with E-state index in [4.69, 9.17) is 0 Å². The molecule has 5 heteroatoms. The highest BCUT2D eigenvalue weighted by Gasteiger charge is 2.09. The standard InChI is InChI=1S/C12H13BrN4/c1-3-14-11-9(13)7-16-12(17-11)10-8(2)5-4-6-15-10/h4-7H,3H2,1-2H3,(H,14,16,17). The van der Waals surface area contributed by atoms with Gasteiger partial charge in [-0.3, -0.25) is 4.98 Å². The summed E-state index contributed by atoms with van der Waals surface area (Å²) in [5.41, 5.74) is 1.89. The number of nitrogens with one attached hydrogen (secondary N) is 1. The zero-order valence-electron chi connectivity index (χ0n) is 9.74. The monoisotopic (exact) mass is 292 g/mol. The highest BCUT2D eigenvalue weighted by Crippen LogP contribution is 2.23. The van der Waals surface area contributed by atoms with Gasteiger partial charge < -0.3 is 5.32 Å². The number of aryl methyl sites for hydroxylation is 1. The van der Waals surface area contributed by atoms with Gasteiger partial charge in [-0.1, -0.05) is 6.07 Å². The molecular weight excluding hydrogens is 280 g/mol. The Hall–Kier alpha value is -1.49. The molecule has 0 aliphatic rings. The molecule has 0 aliphatic heterocycles. The Kier molecular flexibility index (Phi) is 3.68. The summed E-state index contributed by atoms with van der Waals surface area (Å²) in [7, 11) is 0. The lowest BCUT2D eigenvalue weighted by molar-refractivity contribution is 1.08. The van der Waals surface area contributed by atoms with Crippen molar-refractivity contribution >= 4 is 21.7 Å². The van der Waals surface area contributed by atoms with Gasteiger partial charge in [0.05, 0.1) is 4.47 Å². The van der Waals surface area contributed by atoms with Crippen LogP contribution in [0.1, 0.15) is 12.5 Å². The zero-order valence-corrected chi connectivity index (χ0v) is 11.3. The molecule has 0 aliphatic carbocycles. The summed E-state index contributed by atoms with van der Waals surface area (Å²) in [6.07, 6.45) is 3.50. The van der Waals surface area contributed by atoms with Crippen molar-refractivity contribution in [3.63, 3.8) is 0 Å². The van der Waals surface area contributed by atoms with E-state index in [2.05, 4.69) is 36.2 Å². The number of hydrogen-bond donors (Lipinski definition) is 1. The molecule has 0 saturated carbocycles. The number of anilines is 1. The van der Waals surface area contributed by atoms with Crippen LogP contribution in [0.2, 0.25) is 0 Å².